The molecule has 15 heavy (non-hydrogen) atoms. The molecule has 1 amide bonds. The maximum absolute atomic E-state index is 10.8. The van der Waals surface area contributed by atoms with E-state index in [1.165, 1.54) is 18.3 Å². The molecule has 0 saturated carbocycles. The molecule has 2 heterocycles. The lowest BCUT2D eigenvalue weighted by molar-refractivity contribution is -0.114. The normalized spacial score (nSPS) is 16.5. The van der Waals surface area contributed by atoms with Crippen LogP contribution in [0.4, 0.5) is 10.1 Å². The second-order valence-electron chi connectivity index (χ2n) is 3.28. The van der Waals surface area contributed by atoms with Crippen LogP contribution in [0.1, 0.15) is 6.92 Å². The Balaban J connectivity index is 2.02. The highest BCUT2D eigenvalue weighted by atomic mass is 32.1. The number of hydrogen-bond donors (Lipinski definition) is 1. The van der Waals surface area contributed by atoms with Crippen LogP contribution < -0.4 is 10.2 Å². The number of anilines is 2. The lowest BCUT2D eigenvalue weighted by atomic mass is 10.4. The average molecular weight is 227 g/mol. The molecule has 1 aromatic heterocycles. The Hall–Kier alpha value is -1.14. The zero-order chi connectivity index (χ0) is 10.7. The smallest absolute Gasteiger partial charge is 0.223 e. The van der Waals surface area contributed by atoms with Crippen molar-refractivity contribution in [3.05, 3.63) is 6.20 Å². The van der Waals surface area contributed by atoms with E-state index in [0.29, 0.717) is 5.13 Å². The van der Waals surface area contributed by atoms with Gasteiger partial charge in [0.2, 0.25) is 5.91 Å². The molecule has 0 aliphatic carbocycles. The highest BCUT2D eigenvalue weighted by molar-refractivity contribution is 7.19. The number of amides is 1. The van der Waals surface area contributed by atoms with Crippen LogP contribution in [0.5, 0.6) is 0 Å². The topological polar surface area (TPSA) is 54.5 Å². The van der Waals surface area contributed by atoms with Gasteiger partial charge in [-0.3, -0.25) is 4.79 Å². The van der Waals surface area contributed by atoms with E-state index in [-0.39, 0.29) is 5.91 Å². The van der Waals surface area contributed by atoms with Crippen molar-refractivity contribution in [3.8, 4) is 0 Å². The fraction of sp³-hybridized carbons (Fsp3) is 0.556. The zero-order valence-corrected chi connectivity index (χ0v) is 9.34. The summed E-state index contributed by atoms with van der Waals surface area (Å²) >= 11 is 1.50. The number of carbonyl (C=O) groups is 1. The highest BCUT2D eigenvalue weighted by Gasteiger charge is 2.14. The van der Waals surface area contributed by atoms with Crippen molar-refractivity contribution in [2.45, 2.75) is 6.92 Å². The standard InChI is InChI=1S/C9H13N3O2S/c1-7(13)11-9-10-6-8(15-9)12-2-4-14-5-3-12/h6H,2-5H2,1H3,(H,10,11,13). The van der Waals surface area contributed by atoms with E-state index in [1.54, 1.807) is 6.20 Å². The van der Waals surface area contributed by atoms with E-state index in [9.17, 15) is 4.79 Å². The number of nitrogens with one attached hydrogen (secondary N) is 1. The monoisotopic (exact) mass is 227 g/mol. The van der Waals surface area contributed by atoms with Crippen molar-refractivity contribution in [2.24, 2.45) is 0 Å². The minimum atomic E-state index is -0.0853. The Morgan fingerprint density at radius 1 is 1.60 bits per heavy atom. The minimum Gasteiger partial charge on any atom is -0.378 e. The number of aromatic nitrogens is 1. The molecule has 1 aromatic rings. The summed E-state index contributed by atoms with van der Waals surface area (Å²) in [6, 6.07) is 0. The Bertz CT molecular complexity index is 347. The van der Waals surface area contributed by atoms with Gasteiger partial charge in [0.25, 0.3) is 0 Å². The van der Waals surface area contributed by atoms with Crippen molar-refractivity contribution < 1.29 is 9.53 Å². The molecule has 0 bridgehead atoms. The summed E-state index contributed by atoms with van der Waals surface area (Å²) < 4.78 is 5.27. The van der Waals surface area contributed by atoms with Gasteiger partial charge in [-0.15, -0.1) is 0 Å². The first kappa shape index (κ1) is 10.4. The third kappa shape index (κ3) is 2.66. The van der Waals surface area contributed by atoms with Crippen molar-refractivity contribution in [3.63, 3.8) is 0 Å². The quantitative estimate of drug-likeness (QED) is 0.817. The van der Waals surface area contributed by atoms with Gasteiger partial charge in [-0.05, 0) is 0 Å². The van der Waals surface area contributed by atoms with E-state index >= 15 is 0 Å². The molecule has 1 aliphatic heterocycles. The Morgan fingerprint density at radius 3 is 3.00 bits per heavy atom. The molecule has 82 valence electrons. The van der Waals surface area contributed by atoms with Gasteiger partial charge in [0.05, 0.1) is 19.4 Å². The Kier molecular flexibility index (Phi) is 3.17. The van der Waals surface area contributed by atoms with Gasteiger partial charge >= 0.3 is 0 Å². The van der Waals surface area contributed by atoms with Gasteiger partial charge in [-0.25, -0.2) is 4.98 Å². The van der Waals surface area contributed by atoms with Crippen LogP contribution in [0.15, 0.2) is 6.20 Å². The third-order valence-corrected chi connectivity index (χ3v) is 3.07. The van der Waals surface area contributed by atoms with Gasteiger partial charge in [0.15, 0.2) is 5.13 Å². The summed E-state index contributed by atoms with van der Waals surface area (Å²) in [5.41, 5.74) is 0. The Morgan fingerprint density at radius 2 is 2.33 bits per heavy atom. The SMILES string of the molecule is CC(=O)Nc1ncc(N2CCOCC2)s1. The molecule has 0 radical (unpaired) electrons. The van der Waals surface area contributed by atoms with Crippen LogP contribution in [0, 0.1) is 0 Å². The van der Waals surface area contributed by atoms with Crippen LogP contribution in [-0.2, 0) is 9.53 Å². The molecular weight excluding hydrogens is 214 g/mol. The molecule has 1 N–H and O–H groups in total. The summed E-state index contributed by atoms with van der Waals surface area (Å²) in [6.07, 6.45) is 1.79. The van der Waals surface area contributed by atoms with E-state index in [0.717, 1.165) is 31.3 Å². The molecule has 6 heteroatoms. The van der Waals surface area contributed by atoms with Crippen molar-refractivity contribution >= 4 is 27.4 Å². The molecule has 1 fully saturated rings. The average Bonchev–Trinajstić information content (AvgIpc) is 2.67. The molecular formula is C9H13N3O2S. The molecule has 0 unspecified atom stereocenters. The number of morpholine rings is 1. The molecule has 0 aromatic carbocycles. The first-order valence-electron chi connectivity index (χ1n) is 4.82. The number of hydrogen-bond acceptors (Lipinski definition) is 5. The number of carbonyl (C=O) groups excluding carboxylic acids is 1. The van der Waals surface area contributed by atoms with E-state index in [1.807, 2.05) is 0 Å². The summed E-state index contributed by atoms with van der Waals surface area (Å²) in [7, 11) is 0. The van der Waals surface area contributed by atoms with Crippen LogP contribution in [-0.4, -0.2) is 37.2 Å². The van der Waals surface area contributed by atoms with Crippen LogP contribution in [0.2, 0.25) is 0 Å². The fourth-order valence-corrected chi connectivity index (χ4v) is 2.32. The summed E-state index contributed by atoms with van der Waals surface area (Å²) in [6.45, 7) is 4.78. The summed E-state index contributed by atoms with van der Waals surface area (Å²) in [5, 5.41) is 4.42. The van der Waals surface area contributed by atoms with Gasteiger partial charge < -0.3 is 15.0 Å². The number of rotatable bonds is 2. The van der Waals surface area contributed by atoms with Gasteiger partial charge in [-0.2, -0.15) is 0 Å². The lowest BCUT2D eigenvalue weighted by Crippen LogP contribution is -2.35. The largest absolute Gasteiger partial charge is 0.378 e. The summed E-state index contributed by atoms with van der Waals surface area (Å²) in [4.78, 5) is 17.2. The van der Waals surface area contributed by atoms with Crippen molar-refractivity contribution in [1.29, 1.82) is 0 Å². The number of nitrogens with zero attached hydrogens (tertiary/aromatic N) is 2. The summed E-state index contributed by atoms with van der Waals surface area (Å²) in [5.74, 6) is -0.0853. The fourth-order valence-electron chi connectivity index (χ4n) is 1.40. The van der Waals surface area contributed by atoms with Crippen LogP contribution in [0.3, 0.4) is 0 Å². The molecule has 0 spiro atoms. The van der Waals surface area contributed by atoms with E-state index in [2.05, 4.69) is 15.2 Å². The second-order valence-corrected chi connectivity index (χ2v) is 4.29. The number of thiazole rings is 1. The van der Waals surface area contributed by atoms with Crippen molar-refractivity contribution in [2.75, 3.05) is 36.5 Å². The zero-order valence-electron chi connectivity index (χ0n) is 8.52. The first-order valence-corrected chi connectivity index (χ1v) is 5.63. The first-order chi connectivity index (χ1) is 7.25. The third-order valence-electron chi connectivity index (χ3n) is 2.10. The highest BCUT2D eigenvalue weighted by Crippen LogP contribution is 2.27. The van der Waals surface area contributed by atoms with Gasteiger partial charge in [0, 0.05) is 20.0 Å². The second kappa shape index (κ2) is 4.59. The van der Waals surface area contributed by atoms with Crippen LogP contribution >= 0.6 is 11.3 Å². The molecule has 2 rings (SSSR count). The molecule has 0 atom stereocenters. The Labute approximate surface area is 92.1 Å². The van der Waals surface area contributed by atoms with Crippen LogP contribution in [0.25, 0.3) is 0 Å². The minimum absolute atomic E-state index is 0.0853. The van der Waals surface area contributed by atoms with E-state index < -0.39 is 0 Å². The van der Waals surface area contributed by atoms with E-state index in [4.69, 9.17) is 4.74 Å². The van der Waals surface area contributed by atoms with Gasteiger partial charge in [0.1, 0.15) is 5.00 Å². The predicted molar refractivity (Wildman–Crippen MR) is 59.4 cm³/mol. The van der Waals surface area contributed by atoms with Gasteiger partial charge in [-0.1, -0.05) is 11.3 Å². The van der Waals surface area contributed by atoms with Crippen molar-refractivity contribution in [1.82, 2.24) is 4.98 Å². The molecule has 1 saturated heterocycles. The maximum atomic E-state index is 10.8. The predicted octanol–water partition coefficient (Wildman–Crippen LogP) is 0.938. The molecule has 1 aliphatic rings. The lowest BCUT2D eigenvalue weighted by Gasteiger charge is -2.26. The maximum Gasteiger partial charge on any atom is 0.223 e. The molecule has 5 nitrogen and oxygen atoms in total. The number of ether oxygens (including phenoxy) is 1.